The Hall–Kier alpha value is -3.80. The zero-order valence-electron chi connectivity index (χ0n) is 25.9. The Morgan fingerprint density at radius 3 is 2.40 bits per heavy atom. The van der Waals surface area contributed by atoms with E-state index in [9.17, 15) is 19.8 Å². The highest BCUT2D eigenvalue weighted by Gasteiger charge is 2.39. The van der Waals surface area contributed by atoms with Crippen LogP contribution < -0.4 is 10.6 Å². The predicted octanol–water partition coefficient (Wildman–Crippen LogP) is 4.07. The molecule has 2 fully saturated rings. The van der Waals surface area contributed by atoms with Gasteiger partial charge in [0, 0.05) is 37.7 Å². The summed E-state index contributed by atoms with van der Waals surface area (Å²) in [5.74, 6) is -0.410. The highest BCUT2D eigenvalue weighted by molar-refractivity contribution is 5.80. The summed E-state index contributed by atoms with van der Waals surface area (Å²) < 4.78 is 18.0. The molecule has 10 heteroatoms. The minimum absolute atomic E-state index is 0.00870. The number of hydrogen-bond acceptors (Lipinski definition) is 8. The fraction of sp³-hybridized carbons (Fsp3) is 0.429. The van der Waals surface area contributed by atoms with E-state index in [2.05, 4.69) is 22.5 Å². The maximum absolute atomic E-state index is 12.1. The summed E-state index contributed by atoms with van der Waals surface area (Å²) in [4.78, 5) is 25.8. The maximum atomic E-state index is 12.1. The van der Waals surface area contributed by atoms with E-state index in [-0.39, 0.29) is 44.0 Å². The van der Waals surface area contributed by atoms with Gasteiger partial charge in [0.05, 0.1) is 31.5 Å². The van der Waals surface area contributed by atoms with Crippen LogP contribution in [0.4, 0.5) is 4.79 Å². The van der Waals surface area contributed by atoms with Crippen molar-refractivity contribution in [3.8, 4) is 11.1 Å². The molecule has 3 aromatic rings. The van der Waals surface area contributed by atoms with Crippen LogP contribution in [0.3, 0.4) is 0 Å². The summed E-state index contributed by atoms with van der Waals surface area (Å²) in [6.45, 7) is 6.44. The van der Waals surface area contributed by atoms with Crippen molar-refractivity contribution in [2.75, 3.05) is 32.8 Å². The number of nitrogens with zero attached hydrogens (tertiary/aromatic N) is 1. The number of urea groups is 1. The van der Waals surface area contributed by atoms with Crippen LogP contribution in [0.15, 0.2) is 72.8 Å². The van der Waals surface area contributed by atoms with Gasteiger partial charge in [-0.05, 0) is 47.2 Å². The van der Waals surface area contributed by atoms with E-state index in [4.69, 9.17) is 14.2 Å². The molecule has 0 aliphatic carbocycles. The molecule has 2 heterocycles. The first-order valence-electron chi connectivity index (χ1n) is 15.6. The van der Waals surface area contributed by atoms with Gasteiger partial charge in [-0.15, -0.1) is 0 Å². The number of aliphatic hydroxyl groups is 2. The second kappa shape index (κ2) is 15.5. The fourth-order valence-electron chi connectivity index (χ4n) is 5.86. The van der Waals surface area contributed by atoms with Crippen molar-refractivity contribution in [3.63, 3.8) is 0 Å². The van der Waals surface area contributed by atoms with Crippen molar-refractivity contribution >= 4 is 12.0 Å². The average Bonchev–Trinajstić information content (AvgIpc) is 3.48. The summed E-state index contributed by atoms with van der Waals surface area (Å²) >= 11 is 0. The van der Waals surface area contributed by atoms with Gasteiger partial charge in [-0.1, -0.05) is 73.7 Å². The first kappa shape index (κ1) is 32.6. The Labute approximate surface area is 264 Å². The van der Waals surface area contributed by atoms with Crippen LogP contribution in [0.25, 0.3) is 11.1 Å². The van der Waals surface area contributed by atoms with E-state index >= 15 is 0 Å². The van der Waals surface area contributed by atoms with Gasteiger partial charge in [-0.3, -0.25) is 9.69 Å². The van der Waals surface area contributed by atoms with Crippen molar-refractivity contribution in [2.24, 2.45) is 5.92 Å². The molecule has 2 saturated heterocycles. The number of β-amino-alcohol motifs (C(OH)–C–C–N with tert-alkyl or cyclic N) is 1. The van der Waals surface area contributed by atoms with Crippen molar-refractivity contribution in [2.45, 2.75) is 58.0 Å². The molecule has 4 N–H and O–H groups in total. The number of aliphatic hydroxyl groups excluding tert-OH is 2. The number of carbonyl (C=O) groups excluding carboxylic acids is 2. The molecule has 45 heavy (non-hydrogen) atoms. The molecule has 0 unspecified atom stereocenters. The second-order valence-electron chi connectivity index (χ2n) is 11.7. The van der Waals surface area contributed by atoms with Crippen LogP contribution in [-0.4, -0.2) is 72.1 Å². The summed E-state index contributed by atoms with van der Waals surface area (Å²) in [7, 11) is 0. The van der Waals surface area contributed by atoms with Crippen molar-refractivity contribution < 1.29 is 34.0 Å². The van der Waals surface area contributed by atoms with Crippen LogP contribution in [-0.2, 0) is 32.2 Å². The number of ether oxygens (including phenoxy) is 3. The summed E-state index contributed by atoms with van der Waals surface area (Å²) in [5.41, 5.74) is 5.72. The Bertz CT molecular complexity index is 1420. The van der Waals surface area contributed by atoms with Crippen molar-refractivity contribution in [1.29, 1.82) is 0 Å². The van der Waals surface area contributed by atoms with E-state index in [1.54, 1.807) is 6.92 Å². The zero-order chi connectivity index (χ0) is 31.8. The number of nitrogens with one attached hydrogen (secondary N) is 2. The SMILES string of the molecule is CCOC(=O)CNC(=O)NCc1cccc(-c2ccc([C@@H]3O[C@H](CN4CC[C@H](O)C4)[C@H](C)[C@H](c4ccc(CO)cc4)O3)cc2)c1. The third kappa shape index (κ3) is 8.68. The molecule has 0 saturated carbocycles. The second-order valence-corrected chi connectivity index (χ2v) is 11.7. The minimum atomic E-state index is -0.570. The lowest BCUT2D eigenvalue weighted by Crippen LogP contribution is -2.44. The number of amides is 2. The van der Waals surface area contributed by atoms with Crippen LogP contribution in [0.1, 0.15) is 54.9 Å². The third-order valence-electron chi connectivity index (χ3n) is 8.40. The van der Waals surface area contributed by atoms with E-state index in [1.165, 1.54) is 0 Å². The molecule has 10 nitrogen and oxygen atoms in total. The van der Waals surface area contributed by atoms with Crippen LogP contribution >= 0.6 is 0 Å². The number of hydrogen-bond donors (Lipinski definition) is 4. The molecule has 2 aliphatic heterocycles. The topological polar surface area (TPSA) is 130 Å². The van der Waals surface area contributed by atoms with Gasteiger partial charge in [0.25, 0.3) is 0 Å². The Kier molecular flexibility index (Phi) is 11.2. The molecule has 0 spiro atoms. The van der Waals surface area contributed by atoms with Gasteiger partial charge in [0.15, 0.2) is 6.29 Å². The first-order valence-corrected chi connectivity index (χ1v) is 15.6. The highest BCUT2D eigenvalue weighted by atomic mass is 16.7. The van der Waals surface area contributed by atoms with E-state index in [0.29, 0.717) is 19.6 Å². The number of esters is 1. The van der Waals surface area contributed by atoms with Crippen molar-refractivity contribution in [3.05, 3.63) is 95.1 Å². The monoisotopic (exact) mass is 617 g/mol. The molecule has 5 rings (SSSR count). The van der Waals surface area contributed by atoms with Gasteiger partial charge in [0.2, 0.25) is 0 Å². The number of rotatable bonds is 11. The first-order chi connectivity index (χ1) is 21.8. The molecular formula is C35H43N3O7. The lowest BCUT2D eigenvalue weighted by Gasteiger charge is -2.42. The quantitative estimate of drug-likeness (QED) is 0.237. The molecule has 240 valence electrons. The van der Waals surface area contributed by atoms with Gasteiger partial charge >= 0.3 is 12.0 Å². The zero-order valence-corrected chi connectivity index (χ0v) is 25.9. The summed E-state index contributed by atoms with van der Waals surface area (Å²) in [6.07, 6.45) is -0.400. The van der Waals surface area contributed by atoms with E-state index in [1.807, 2.05) is 72.8 Å². The highest BCUT2D eigenvalue weighted by Crippen LogP contribution is 2.42. The number of carbonyl (C=O) groups is 2. The lowest BCUT2D eigenvalue weighted by molar-refractivity contribution is -0.276. The standard InChI is InChI=1S/C35H43N3O7/c1-3-43-32(41)19-37-35(42)36-18-25-5-4-6-29(17-25)26-11-13-28(14-12-26)34-44-31(21-38-16-15-30(40)20-38)23(2)33(45-34)27-9-7-24(22-39)8-10-27/h4-14,17,23,30-31,33-34,39-40H,3,15-16,18-22H2,1-2H3,(H2,36,37,42)/t23-,30-,31+,33+,34+/m0/s1. The van der Waals surface area contributed by atoms with Gasteiger partial charge in [-0.2, -0.15) is 0 Å². The van der Waals surface area contributed by atoms with Gasteiger partial charge in [0.1, 0.15) is 6.54 Å². The molecule has 0 bridgehead atoms. The fourth-order valence-corrected chi connectivity index (χ4v) is 5.86. The molecular weight excluding hydrogens is 574 g/mol. The predicted molar refractivity (Wildman–Crippen MR) is 169 cm³/mol. The van der Waals surface area contributed by atoms with Crippen molar-refractivity contribution in [1.82, 2.24) is 15.5 Å². The molecule has 0 radical (unpaired) electrons. The molecule has 2 amide bonds. The molecule has 5 atom stereocenters. The Morgan fingerprint density at radius 2 is 1.71 bits per heavy atom. The van der Waals surface area contributed by atoms with Crippen LogP contribution in [0.2, 0.25) is 0 Å². The van der Waals surface area contributed by atoms with Crippen LogP contribution in [0.5, 0.6) is 0 Å². The normalized spacial score (nSPS) is 23.4. The molecule has 3 aromatic carbocycles. The summed E-state index contributed by atoms with van der Waals surface area (Å²) in [5, 5.41) is 24.9. The summed E-state index contributed by atoms with van der Waals surface area (Å²) in [6, 6.07) is 23.5. The van der Waals surface area contributed by atoms with Gasteiger partial charge in [-0.25, -0.2) is 4.79 Å². The minimum Gasteiger partial charge on any atom is -0.465 e. The lowest BCUT2D eigenvalue weighted by atomic mass is 9.90. The Balaban J connectivity index is 1.27. The third-order valence-corrected chi connectivity index (χ3v) is 8.40. The maximum Gasteiger partial charge on any atom is 0.325 e. The number of likely N-dealkylation sites (tertiary alicyclic amines) is 1. The number of benzene rings is 3. The molecule has 0 aromatic heterocycles. The van der Waals surface area contributed by atoms with Crippen LogP contribution in [0, 0.1) is 5.92 Å². The Morgan fingerprint density at radius 1 is 0.956 bits per heavy atom. The van der Waals surface area contributed by atoms with Gasteiger partial charge < -0.3 is 35.1 Å². The largest absolute Gasteiger partial charge is 0.465 e. The smallest absolute Gasteiger partial charge is 0.325 e. The van der Waals surface area contributed by atoms with E-state index in [0.717, 1.165) is 46.3 Å². The molecule has 2 aliphatic rings. The average molecular weight is 618 g/mol. The van der Waals surface area contributed by atoms with E-state index < -0.39 is 18.3 Å².